The molecule has 0 fully saturated rings. The zero-order chi connectivity index (χ0) is 20.1. The van der Waals surface area contributed by atoms with Gasteiger partial charge in [-0.3, -0.25) is 14.5 Å². The van der Waals surface area contributed by atoms with Gasteiger partial charge >= 0.3 is 5.97 Å². The summed E-state index contributed by atoms with van der Waals surface area (Å²) in [4.78, 5) is 45.5. The molecular formula is C21H21N3O4. The number of benzene rings is 2. The number of carbonyl (C=O) groups is 3. The number of oxime groups is 1. The summed E-state index contributed by atoms with van der Waals surface area (Å²) in [6, 6.07) is 15.4. The lowest BCUT2D eigenvalue weighted by Gasteiger charge is -2.23. The zero-order valence-corrected chi connectivity index (χ0v) is 15.8. The number of rotatable bonds is 6. The highest BCUT2D eigenvalue weighted by Crippen LogP contribution is 2.29. The van der Waals surface area contributed by atoms with Crippen molar-refractivity contribution >= 4 is 29.2 Å². The number of hydrogen-bond donors (Lipinski definition) is 0. The minimum atomic E-state index is -0.656. The van der Waals surface area contributed by atoms with E-state index >= 15 is 0 Å². The van der Waals surface area contributed by atoms with Crippen LogP contribution in [0.1, 0.15) is 29.8 Å². The zero-order valence-electron chi connectivity index (χ0n) is 15.8. The smallest absolute Gasteiger partial charge is 0.342 e. The highest BCUT2D eigenvalue weighted by Gasteiger charge is 2.36. The van der Waals surface area contributed by atoms with E-state index in [-0.39, 0.29) is 18.2 Å². The number of para-hydroxylation sites is 1. The van der Waals surface area contributed by atoms with Gasteiger partial charge < -0.3 is 9.74 Å². The van der Waals surface area contributed by atoms with Gasteiger partial charge in [0.2, 0.25) is 5.91 Å². The summed E-state index contributed by atoms with van der Waals surface area (Å²) in [5.74, 6) is -1.28. The van der Waals surface area contributed by atoms with E-state index in [1.807, 2.05) is 13.8 Å². The second-order valence-corrected chi connectivity index (χ2v) is 6.16. The quantitative estimate of drug-likeness (QED) is 0.570. The average Bonchev–Trinajstić information content (AvgIpc) is 2.99. The molecule has 0 aromatic heterocycles. The van der Waals surface area contributed by atoms with E-state index in [1.54, 1.807) is 59.5 Å². The van der Waals surface area contributed by atoms with Crippen molar-refractivity contribution in [1.29, 1.82) is 0 Å². The van der Waals surface area contributed by atoms with Crippen molar-refractivity contribution < 1.29 is 19.2 Å². The lowest BCUT2D eigenvalue weighted by Crippen LogP contribution is -2.42. The third kappa shape index (κ3) is 3.78. The normalized spacial score (nSPS) is 14.1. The first-order chi connectivity index (χ1) is 13.6. The van der Waals surface area contributed by atoms with Gasteiger partial charge in [0.05, 0.1) is 11.3 Å². The SMILES string of the molecule is CCN(CC)C(=O)CN1C(=O)C(=NOC(=O)c2ccccc2)c2ccccc21. The summed E-state index contributed by atoms with van der Waals surface area (Å²) >= 11 is 0. The van der Waals surface area contributed by atoms with Gasteiger partial charge in [-0.25, -0.2) is 4.79 Å². The van der Waals surface area contributed by atoms with E-state index in [0.717, 1.165) is 0 Å². The Bertz CT molecular complexity index is 920. The molecule has 0 saturated heterocycles. The van der Waals surface area contributed by atoms with Crippen LogP contribution in [0.25, 0.3) is 0 Å². The van der Waals surface area contributed by atoms with Crippen molar-refractivity contribution in [2.45, 2.75) is 13.8 Å². The minimum Gasteiger partial charge on any atom is -0.342 e. The van der Waals surface area contributed by atoms with Crippen LogP contribution in [0.5, 0.6) is 0 Å². The summed E-state index contributed by atoms with van der Waals surface area (Å²) in [5.41, 5.74) is 1.44. The molecule has 2 aromatic rings. The van der Waals surface area contributed by atoms with Gasteiger partial charge in [0.15, 0.2) is 5.71 Å². The maximum atomic E-state index is 12.9. The Morgan fingerprint density at radius 2 is 1.64 bits per heavy atom. The summed E-state index contributed by atoms with van der Waals surface area (Å²) in [7, 11) is 0. The van der Waals surface area contributed by atoms with Crippen molar-refractivity contribution in [2.24, 2.45) is 5.16 Å². The second kappa shape index (κ2) is 8.47. The van der Waals surface area contributed by atoms with Crippen LogP contribution < -0.4 is 4.90 Å². The van der Waals surface area contributed by atoms with E-state index in [2.05, 4.69) is 5.16 Å². The number of carbonyl (C=O) groups excluding carboxylic acids is 3. The number of nitrogens with zero attached hydrogens (tertiary/aromatic N) is 3. The molecule has 1 aliphatic rings. The fourth-order valence-electron chi connectivity index (χ4n) is 3.03. The molecule has 3 rings (SSSR count). The predicted molar refractivity (Wildman–Crippen MR) is 105 cm³/mol. The fourth-order valence-corrected chi connectivity index (χ4v) is 3.03. The molecule has 0 bridgehead atoms. The number of fused-ring (bicyclic) bond motifs is 1. The lowest BCUT2D eigenvalue weighted by molar-refractivity contribution is -0.130. The molecule has 0 radical (unpaired) electrons. The van der Waals surface area contributed by atoms with Gasteiger partial charge in [-0.1, -0.05) is 41.6 Å². The molecule has 2 amide bonds. The summed E-state index contributed by atoms with van der Waals surface area (Å²) in [6.07, 6.45) is 0. The third-order valence-corrected chi connectivity index (χ3v) is 4.54. The van der Waals surface area contributed by atoms with Crippen molar-refractivity contribution in [3.8, 4) is 0 Å². The Morgan fingerprint density at radius 3 is 2.32 bits per heavy atom. The molecule has 0 N–H and O–H groups in total. The van der Waals surface area contributed by atoms with Crippen LogP contribution >= 0.6 is 0 Å². The summed E-state index contributed by atoms with van der Waals surface area (Å²) < 4.78 is 0. The Hall–Kier alpha value is -3.48. The van der Waals surface area contributed by atoms with Crippen LogP contribution in [-0.4, -0.2) is 48.0 Å². The predicted octanol–water partition coefficient (Wildman–Crippen LogP) is 2.46. The van der Waals surface area contributed by atoms with Crippen LogP contribution in [0.4, 0.5) is 5.69 Å². The first-order valence-electron chi connectivity index (χ1n) is 9.10. The molecule has 0 saturated carbocycles. The molecule has 0 atom stereocenters. The molecule has 0 unspecified atom stereocenters. The van der Waals surface area contributed by atoms with Gasteiger partial charge in [-0.05, 0) is 32.0 Å². The number of hydrogen-bond acceptors (Lipinski definition) is 5. The second-order valence-electron chi connectivity index (χ2n) is 6.16. The number of likely N-dealkylation sites (N-methyl/N-ethyl adjacent to an activating group) is 1. The Kier molecular flexibility index (Phi) is 5.84. The Balaban J connectivity index is 1.84. The van der Waals surface area contributed by atoms with E-state index in [1.165, 1.54) is 4.90 Å². The van der Waals surface area contributed by atoms with E-state index < -0.39 is 11.9 Å². The lowest BCUT2D eigenvalue weighted by atomic mass is 10.1. The molecule has 144 valence electrons. The highest BCUT2D eigenvalue weighted by molar-refractivity contribution is 6.54. The van der Waals surface area contributed by atoms with Gasteiger partial charge in [0, 0.05) is 18.7 Å². The molecule has 7 heteroatoms. The van der Waals surface area contributed by atoms with E-state index in [0.29, 0.717) is 29.9 Å². The monoisotopic (exact) mass is 379 g/mol. The van der Waals surface area contributed by atoms with Crippen LogP contribution in [0, 0.1) is 0 Å². The average molecular weight is 379 g/mol. The van der Waals surface area contributed by atoms with E-state index in [4.69, 9.17) is 4.84 Å². The first kappa shape index (κ1) is 19.3. The van der Waals surface area contributed by atoms with Crippen LogP contribution in [-0.2, 0) is 14.4 Å². The summed E-state index contributed by atoms with van der Waals surface area (Å²) in [5, 5.41) is 3.82. The maximum absolute atomic E-state index is 12.9. The Morgan fingerprint density at radius 1 is 1.00 bits per heavy atom. The van der Waals surface area contributed by atoms with Gasteiger partial charge in [-0.15, -0.1) is 0 Å². The van der Waals surface area contributed by atoms with Crippen molar-refractivity contribution in [1.82, 2.24) is 4.90 Å². The van der Waals surface area contributed by atoms with Crippen LogP contribution in [0.2, 0.25) is 0 Å². The molecular weight excluding hydrogens is 358 g/mol. The standard InChI is InChI=1S/C21H21N3O4/c1-3-23(4-2)18(25)14-24-17-13-9-8-12-16(17)19(20(24)26)22-28-21(27)15-10-6-5-7-11-15/h5-13H,3-4,14H2,1-2H3. The Labute approximate surface area is 163 Å². The number of amides is 2. The van der Waals surface area contributed by atoms with E-state index in [9.17, 15) is 14.4 Å². The van der Waals surface area contributed by atoms with Gasteiger partial charge in [-0.2, -0.15) is 0 Å². The first-order valence-corrected chi connectivity index (χ1v) is 9.10. The van der Waals surface area contributed by atoms with Crippen molar-refractivity contribution in [3.05, 3.63) is 65.7 Å². The largest absolute Gasteiger partial charge is 0.365 e. The van der Waals surface area contributed by atoms with Gasteiger partial charge in [0.25, 0.3) is 5.91 Å². The molecule has 2 aromatic carbocycles. The highest BCUT2D eigenvalue weighted by atomic mass is 16.7. The minimum absolute atomic E-state index is 0.00669. The molecule has 1 aliphatic heterocycles. The topological polar surface area (TPSA) is 79.3 Å². The molecule has 1 heterocycles. The summed E-state index contributed by atoms with van der Waals surface area (Å²) in [6.45, 7) is 4.81. The van der Waals surface area contributed by atoms with Gasteiger partial charge in [0.1, 0.15) is 6.54 Å². The molecule has 0 aliphatic carbocycles. The molecule has 0 spiro atoms. The molecule has 7 nitrogen and oxygen atoms in total. The van der Waals surface area contributed by atoms with Crippen LogP contribution in [0.3, 0.4) is 0 Å². The molecule has 28 heavy (non-hydrogen) atoms. The maximum Gasteiger partial charge on any atom is 0.365 e. The third-order valence-electron chi connectivity index (χ3n) is 4.54. The van der Waals surface area contributed by atoms with Crippen molar-refractivity contribution in [3.63, 3.8) is 0 Å². The van der Waals surface area contributed by atoms with Crippen molar-refractivity contribution in [2.75, 3.05) is 24.5 Å². The van der Waals surface area contributed by atoms with Crippen LogP contribution in [0.15, 0.2) is 59.8 Å². The number of anilines is 1. The fraction of sp³-hybridized carbons (Fsp3) is 0.238.